The molecule has 0 radical (unpaired) electrons. The van der Waals surface area contributed by atoms with E-state index in [-0.39, 0.29) is 12.6 Å². The van der Waals surface area contributed by atoms with Gasteiger partial charge in [0.05, 0.1) is 0 Å². The van der Waals surface area contributed by atoms with Crippen molar-refractivity contribution in [2.75, 3.05) is 12.4 Å². The molecule has 25 heavy (non-hydrogen) atoms. The van der Waals surface area contributed by atoms with Gasteiger partial charge in [-0.1, -0.05) is 34.4 Å². The molecule has 0 saturated heterocycles. The first-order valence-electron chi connectivity index (χ1n) is 7.37. The monoisotopic (exact) mass is 376 g/mol. The van der Waals surface area contributed by atoms with Crippen LogP contribution in [-0.2, 0) is 6.54 Å². The third kappa shape index (κ3) is 4.49. The minimum Gasteiger partial charge on any atom is -0.337 e. The number of nitrogens with zero attached hydrogens (tertiary/aromatic N) is 3. The van der Waals surface area contributed by atoms with Crippen molar-refractivity contribution >= 4 is 34.9 Å². The standard InChI is InChI=1S/C17H14Cl2N4O2/c1-23(17(24)20-14-4-2-3-13(19)9-14)10-15-21-16(22-25-15)11-5-7-12(18)8-6-11/h2-9H,10H2,1H3,(H,20,24). The summed E-state index contributed by atoms with van der Waals surface area (Å²) < 4.78 is 5.20. The molecule has 2 aromatic carbocycles. The van der Waals surface area contributed by atoms with Crippen molar-refractivity contribution in [2.24, 2.45) is 0 Å². The number of halogens is 2. The number of anilines is 1. The summed E-state index contributed by atoms with van der Waals surface area (Å²) in [4.78, 5) is 17.9. The highest BCUT2D eigenvalue weighted by Gasteiger charge is 2.15. The molecule has 0 unspecified atom stereocenters. The molecular formula is C17H14Cl2N4O2. The minimum atomic E-state index is -0.312. The summed E-state index contributed by atoms with van der Waals surface area (Å²) in [5.74, 6) is 0.768. The van der Waals surface area contributed by atoms with Crippen LogP contribution in [0.15, 0.2) is 53.1 Å². The Bertz CT molecular complexity index is 880. The van der Waals surface area contributed by atoms with Crippen molar-refractivity contribution in [3.05, 3.63) is 64.5 Å². The van der Waals surface area contributed by atoms with E-state index in [0.717, 1.165) is 5.56 Å². The van der Waals surface area contributed by atoms with Gasteiger partial charge in [0.15, 0.2) is 0 Å². The Kier molecular flexibility index (Phi) is 5.21. The molecule has 0 aliphatic heterocycles. The van der Waals surface area contributed by atoms with E-state index in [4.69, 9.17) is 27.7 Å². The van der Waals surface area contributed by atoms with Gasteiger partial charge in [-0.05, 0) is 42.5 Å². The lowest BCUT2D eigenvalue weighted by Gasteiger charge is -2.15. The summed E-state index contributed by atoms with van der Waals surface area (Å²) in [6.45, 7) is 0.174. The molecule has 0 aliphatic rings. The second-order valence-electron chi connectivity index (χ2n) is 5.32. The van der Waals surface area contributed by atoms with Gasteiger partial charge >= 0.3 is 6.03 Å². The van der Waals surface area contributed by atoms with Crippen LogP contribution in [0.4, 0.5) is 10.5 Å². The number of rotatable bonds is 4. The molecular weight excluding hydrogens is 363 g/mol. The maximum atomic E-state index is 12.2. The number of hydrogen-bond donors (Lipinski definition) is 1. The number of urea groups is 1. The average molecular weight is 377 g/mol. The Hall–Kier alpha value is -2.57. The Balaban J connectivity index is 1.63. The van der Waals surface area contributed by atoms with Crippen LogP contribution in [0.3, 0.4) is 0 Å². The highest BCUT2D eigenvalue weighted by Crippen LogP contribution is 2.19. The van der Waals surface area contributed by atoms with E-state index in [9.17, 15) is 4.79 Å². The third-order valence-electron chi connectivity index (χ3n) is 3.37. The van der Waals surface area contributed by atoms with E-state index in [1.54, 1.807) is 55.6 Å². The number of benzene rings is 2. The van der Waals surface area contributed by atoms with E-state index in [1.165, 1.54) is 4.90 Å². The van der Waals surface area contributed by atoms with Gasteiger partial charge in [0.1, 0.15) is 6.54 Å². The predicted octanol–water partition coefficient (Wildman–Crippen LogP) is 4.71. The summed E-state index contributed by atoms with van der Waals surface area (Å²) in [6.07, 6.45) is 0. The first-order chi connectivity index (χ1) is 12.0. The second-order valence-corrected chi connectivity index (χ2v) is 6.19. The van der Waals surface area contributed by atoms with Crippen LogP contribution in [0, 0.1) is 0 Å². The van der Waals surface area contributed by atoms with E-state index in [0.29, 0.717) is 27.4 Å². The zero-order valence-corrected chi connectivity index (χ0v) is 14.8. The Morgan fingerprint density at radius 3 is 2.64 bits per heavy atom. The van der Waals surface area contributed by atoms with Gasteiger partial charge in [0.2, 0.25) is 11.7 Å². The van der Waals surface area contributed by atoms with Crippen LogP contribution < -0.4 is 5.32 Å². The van der Waals surface area contributed by atoms with Gasteiger partial charge in [0.25, 0.3) is 0 Å². The van der Waals surface area contributed by atoms with E-state index in [1.807, 2.05) is 0 Å². The van der Waals surface area contributed by atoms with Gasteiger partial charge in [-0.25, -0.2) is 4.79 Å². The zero-order valence-electron chi connectivity index (χ0n) is 13.2. The van der Waals surface area contributed by atoms with Crippen molar-refractivity contribution < 1.29 is 9.32 Å². The van der Waals surface area contributed by atoms with Crippen molar-refractivity contribution in [3.8, 4) is 11.4 Å². The largest absolute Gasteiger partial charge is 0.337 e. The maximum Gasteiger partial charge on any atom is 0.322 e. The van der Waals surface area contributed by atoms with Gasteiger partial charge < -0.3 is 14.7 Å². The number of carbonyl (C=O) groups excluding carboxylic acids is 1. The highest BCUT2D eigenvalue weighted by molar-refractivity contribution is 6.31. The van der Waals surface area contributed by atoms with Crippen LogP contribution in [0.25, 0.3) is 11.4 Å². The number of hydrogen-bond acceptors (Lipinski definition) is 4. The molecule has 2 amide bonds. The quantitative estimate of drug-likeness (QED) is 0.715. The number of nitrogens with one attached hydrogen (secondary N) is 1. The molecule has 8 heteroatoms. The number of carbonyl (C=O) groups is 1. The third-order valence-corrected chi connectivity index (χ3v) is 3.85. The van der Waals surface area contributed by atoms with Gasteiger partial charge in [0, 0.05) is 28.3 Å². The van der Waals surface area contributed by atoms with Gasteiger partial charge in [-0.15, -0.1) is 0 Å². The van der Waals surface area contributed by atoms with E-state index in [2.05, 4.69) is 15.5 Å². The smallest absolute Gasteiger partial charge is 0.322 e. The molecule has 1 aromatic heterocycles. The fourth-order valence-corrected chi connectivity index (χ4v) is 2.41. The molecule has 0 spiro atoms. The van der Waals surface area contributed by atoms with Crippen molar-refractivity contribution in [1.82, 2.24) is 15.0 Å². The molecule has 3 aromatic rings. The van der Waals surface area contributed by atoms with Crippen LogP contribution in [0.5, 0.6) is 0 Å². The molecule has 0 bridgehead atoms. The van der Waals surface area contributed by atoms with Crippen LogP contribution in [0.1, 0.15) is 5.89 Å². The topological polar surface area (TPSA) is 71.3 Å². The zero-order chi connectivity index (χ0) is 17.8. The Morgan fingerprint density at radius 2 is 1.92 bits per heavy atom. The summed E-state index contributed by atoms with van der Waals surface area (Å²) in [7, 11) is 1.63. The Labute approximate surface area is 154 Å². The molecule has 3 rings (SSSR count). The van der Waals surface area contributed by atoms with Crippen molar-refractivity contribution in [2.45, 2.75) is 6.54 Å². The van der Waals surface area contributed by atoms with Gasteiger partial charge in [-0.2, -0.15) is 4.98 Å². The van der Waals surface area contributed by atoms with Crippen LogP contribution in [0.2, 0.25) is 10.0 Å². The predicted molar refractivity (Wildman–Crippen MR) is 96.7 cm³/mol. The Morgan fingerprint density at radius 1 is 1.16 bits per heavy atom. The molecule has 0 atom stereocenters. The average Bonchev–Trinajstić information content (AvgIpc) is 3.04. The van der Waals surface area contributed by atoms with Crippen molar-refractivity contribution in [1.29, 1.82) is 0 Å². The lowest BCUT2D eigenvalue weighted by Crippen LogP contribution is -2.30. The molecule has 0 saturated carbocycles. The summed E-state index contributed by atoms with van der Waals surface area (Å²) in [5.41, 5.74) is 1.39. The van der Waals surface area contributed by atoms with Crippen LogP contribution >= 0.6 is 23.2 Å². The summed E-state index contributed by atoms with van der Waals surface area (Å²) >= 11 is 11.8. The van der Waals surface area contributed by atoms with Crippen molar-refractivity contribution in [3.63, 3.8) is 0 Å². The summed E-state index contributed by atoms with van der Waals surface area (Å²) in [6, 6.07) is 13.7. The molecule has 0 aliphatic carbocycles. The van der Waals surface area contributed by atoms with E-state index >= 15 is 0 Å². The molecule has 0 fully saturated rings. The summed E-state index contributed by atoms with van der Waals surface area (Å²) in [5, 5.41) is 7.84. The fraction of sp³-hybridized carbons (Fsp3) is 0.118. The van der Waals surface area contributed by atoms with Crippen LogP contribution in [-0.4, -0.2) is 28.1 Å². The molecule has 1 N–H and O–H groups in total. The normalized spacial score (nSPS) is 10.5. The lowest BCUT2D eigenvalue weighted by molar-refractivity contribution is 0.213. The first kappa shape index (κ1) is 17.3. The maximum absolute atomic E-state index is 12.2. The molecule has 128 valence electrons. The minimum absolute atomic E-state index is 0.174. The number of amides is 2. The first-order valence-corrected chi connectivity index (χ1v) is 8.13. The lowest BCUT2D eigenvalue weighted by atomic mass is 10.2. The SMILES string of the molecule is CN(Cc1nc(-c2ccc(Cl)cc2)no1)C(=O)Nc1cccc(Cl)c1. The van der Waals surface area contributed by atoms with Gasteiger partial charge in [-0.3, -0.25) is 0 Å². The number of aromatic nitrogens is 2. The second kappa shape index (κ2) is 7.55. The molecule has 6 nitrogen and oxygen atoms in total. The fourth-order valence-electron chi connectivity index (χ4n) is 2.10. The molecule has 1 heterocycles. The highest BCUT2D eigenvalue weighted by atomic mass is 35.5. The van der Waals surface area contributed by atoms with E-state index < -0.39 is 0 Å².